The van der Waals surface area contributed by atoms with Gasteiger partial charge in [0.2, 0.25) is 0 Å². The van der Waals surface area contributed by atoms with Crippen LogP contribution in [-0.4, -0.2) is 13.1 Å². The Morgan fingerprint density at radius 1 is 1.24 bits per heavy atom. The molecule has 0 aromatic heterocycles. The van der Waals surface area contributed by atoms with E-state index in [4.69, 9.17) is 0 Å². The van der Waals surface area contributed by atoms with E-state index in [1.165, 1.54) is 38.6 Å². The second kappa shape index (κ2) is 5.30. The van der Waals surface area contributed by atoms with Crippen LogP contribution in [0.25, 0.3) is 0 Å². The Kier molecular flexibility index (Phi) is 4.18. The van der Waals surface area contributed by atoms with Gasteiger partial charge in [-0.3, -0.25) is 0 Å². The van der Waals surface area contributed by atoms with Gasteiger partial charge in [-0.2, -0.15) is 0 Å². The van der Waals surface area contributed by atoms with Gasteiger partial charge in [-0.1, -0.05) is 34.1 Å². The molecule has 1 N–H and O–H groups in total. The molecule has 1 nitrogen and oxygen atoms in total. The zero-order valence-electron chi connectivity index (χ0n) is 12.3. The van der Waals surface area contributed by atoms with Crippen molar-refractivity contribution in [2.75, 3.05) is 13.1 Å². The Hall–Kier alpha value is -0.0400. The van der Waals surface area contributed by atoms with Crippen molar-refractivity contribution in [1.82, 2.24) is 5.32 Å². The summed E-state index contributed by atoms with van der Waals surface area (Å²) in [6.07, 6.45) is 7.49. The van der Waals surface area contributed by atoms with Gasteiger partial charge in [-0.15, -0.1) is 0 Å². The first-order valence-corrected chi connectivity index (χ1v) is 7.79. The zero-order valence-corrected chi connectivity index (χ0v) is 12.3. The minimum atomic E-state index is 0.642. The molecule has 100 valence electrons. The molecule has 0 aliphatic heterocycles. The molecule has 0 aromatic rings. The van der Waals surface area contributed by atoms with E-state index in [1.807, 2.05) is 0 Å². The van der Waals surface area contributed by atoms with Crippen LogP contribution < -0.4 is 5.32 Å². The van der Waals surface area contributed by atoms with Gasteiger partial charge >= 0.3 is 0 Å². The van der Waals surface area contributed by atoms with Crippen LogP contribution >= 0.6 is 0 Å². The van der Waals surface area contributed by atoms with Gasteiger partial charge in [-0.25, -0.2) is 0 Å². The minimum Gasteiger partial charge on any atom is -0.316 e. The summed E-state index contributed by atoms with van der Waals surface area (Å²) in [5.74, 6) is 3.84. The van der Waals surface area contributed by atoms with Crippen LogP contribution in [0.1, 0.15) is 59.8 Å². The quantitative estimate of drug-likeness (QED) is 0.734. The first-order valence-electron chi connectivity index (χ1n) is 7.79. The Morgan fingerprint density at radius 3 is 2.47 bits per heavy atom. The van der Waals surface area contributed by atoms with E-state index < -0.39 is 0 Å². The highest BCUT2D eigenvalue weighted by Crippen LogP contribution is 2.59. The van der Waals surface area contributed by atoms with Crippen LogP contribution in [0, 0.1) is 29.1 Å². The third kappa shape index (κ3) is 2.54. The fourth-order valence-corrected chi connectivity index (χ4v) is 4.78. The number of fused-ring (bicyclic) bond motifs is 2. The maximum absolute atomic E-state index is 3.67. The van der Waals surface area contributed by atoms with Crippen LogP contribution in [-0.2, 0) is 0 Å². The second-order valence-electron chi connectivity index (χ2n) is 7.12. The highest BCUT2D eigenvalue weighted by atomic mass is 14.9. The molecule has 2 aliphatic carbocycles. The van der Waals surface area contributed by atoms with Gasteiger partial charge in [0.15, 0.2) is 0 Å². The van der Waals surface area contributed by atoms with Gasteiger partial charge in [0.1, 0.15) is 0 Å². The third-order valence-electron chi connectivity index (χ3n) is 5.53. The summed E-state index contributed by atoms with van der Waals surface area (Å²) in [7, 11) is 0. The normalized spacial score (nSPS) is 37.9. The highest BCUT2D eigenvalue weighted by molar-refractivity contribution is 5.03. The smallest absolute Gasteiger partial charge is 0.00130 e. The van der Waals surface area contributed by atoms with Crippen molar-refractivity contribution in [3.05, 3.63) is 0 Å². The SMILES string of the molecule is CCNCC1(C(C)CC(C)C)CC2CCC1C2. The molecular formula is C16H31N. The number of hydrogen-bond donors (Lipinski definition) is 1. The van der Waals surface area contributed by atoms with E-state index in [9.17, 15) is 0 Å². The van der Waals surface area contributed by atoms with Crippen molar-refractivity contribution in [2.24, 2.45) is 29.1 Å². The monoisotopic (exact) mass is 237 g/mol. The van der Waals surface area contributed by atoms with Crippen molar-refractivity contribution < 1.29 is 0 Å². The molecule has 2 bridgehead atoms. The average Bonchev–Trinajstić information content (AvgIpc) is 2.85. The van der Waals surface area contributed by atoms with E-state index in [1.54, 1.807) is 0 Å². The van der Waals surface area contributed by atoms with E-state index in [-0.39, 0.29) is 0 Å². The van der Waals surface area contributed by atoms with Crippen LogP contribution in [0.4, 0.5) is 0 Å². The van der Waals surface area contributed by atoms with Crippen LogP contribution in [0.3, 0.4) is 0 Å². The first-order chi connectivity index (χ1) is 8.08. The lowest BCUT2D eigenvalue weighted by Gasteiger charge is -2.44. The Balaban J connectivity index is 2.07. The molecule has 0 spiro atoms. The van der Waals surface area contributed by atoms with Crippen LogP contribution in [0.15, 0.2) is 0 Å². The molecule has 17 heavy (non-hydrogen) atoms. The molecule has 0 saturated heterocycles. The molecule has 4 atom stereocenters. The molecule has 2 aliphatic rings. The number of nitrogens with one attached hydrogen (secondary N) is 1. The lowest BCUT2D eigenvalue weighted by Crippen LogP contribution is -2.44. The Bertz CT molecular complexity index is 248. The topological polar surface area (TPSA) is 12.0 Å². The van der Waals surface area contributed by atoms with E-state index in [0.29, 0.717) is 5.41 Å². The van der Waals surface area contributed by atoms with Gasteiger partial charge in [0.25, 0.3) is 0 Å². The summed E-state index contributed by atoms with van der Waals surface area (Å²) in [4.78, 5) is 0. The van der Waals surface area contributed by atoms with Gasteiger partial charge in [0, 0.05) is 6.54 Å². The fourth-order valence-electron chi connectivity index (χ4n) is 4.78. The van der Waals surface area contributed by atoms with Crippen LogP contribution in [0.2, 0.25) is 0 Å². The van der Waals surface area contributed by atoms with Gasteiger partial charge < -0.3 is 5.32 Å². The minimum absolute atomic E-state index is 0.642. The summed E-state index contributed by atoms with van der Waals surface area (Å²) in [6.45, 7) is 11.9. The molecule has 2 fully saturated rings. The molecule has 0 heterocycles. The Morgan fingerprint density at radius 2 is 2.00 bits per heavy atom. The average molecular weight is 237 g/mol. The first kappa shape index (κ1) is 13.4. The third-order valence-corrected chi connectivity index (χ3v) is 5.53. The molecule has 4 unspecified atom stereocenters. The van der Waals surface area contributed by atoms with Crippen molar-refractivity contribution in [1.29, 1.82) is 0 Å². The lowest BCUT2D eigenvalue weighted by molar-refractivity contribution is 0.0701. The largest absolute Gasteiger partial charge is 0.316 e. The number of hydrogen-bond acceptors (Lipinski definition) is 1. The van der Waals surface area contributed by atoms with Crippen molar-refractivity contribution in [3.63, 3.8) is 0 Å². The standard InChI is InChI=1S/C16H31N/c1-5-17-11-16(13(4)8-12(2)3)10-14-6-7-15(16)9-14/h12-15,17H,5-11H2,1-4H3. The van der Waals surface area contributed by atoms with Crippen LogP contribution in [0.5, 0.6) is 0 Å². The summed E-state index contributed by atoms with van der Waals surface area (Å²) in [5.41, 5.74) is 0.642. The fraction of sp³-hybridized carbons (Fsp3) is 1.00. The molecular weight excluding hydrogens is 206 g/mol. The molecule has 1 heteroatoms. The summed E-state index contributed by atoms with van der Waals surface area (Å²) >= 11 is 0. The highest BCUT2D eigenvalue weighted by Gasteiger charge is 2.52. The summed E-state index contributed by atoms with van der Waals surface area (Å²) < 4.78 is 0. The predicted molar refractivity (Wildman–Crippen MR) is 75.0 cm³/mol. The Labute approximate surface area is 108 Å². The summed E-state index contributed by atoms with van der Waals surface area (Å²) in [6, 6.07) is 0. The predicted octanol–water partition coefficient (Wildman–Crippen LogP) is 4.08. The lowest BCUT2D eigenvalue weighted by atomic mass is 9.63. The zero-order chi connectivity index (χ0) is 12.5. The second-order valence-corrected chi connectivity index (χ2v) is 7.12. The maximum Gasteiger partial charge on any atom is 0.00130 e. The van der Waals surface area contributed by atoms with E-state index >= 15 is 0 Å². The van der Waals surface area contributed by atoms with Gasteiger partial charge in [-0.05, 0) is 61.3 Å². The van der Waals surface area contributed by atoms with Crippen molar-refractivity contribution >= 4 is 0 Å². The molecule has 0 aromatic carbocycles. The molecule has 0 radical (unpaired) electrons. The van der Waals surface area contributed by atoms with E-state index in [2.05, 4.69) is 33.0 Å². The van der Waals surface area contributed by atoms with Gasteiger partial charge in [0.05, 0.1) is 0 Å². The summed E-state index contributed by atoms with van der Waals surface area (Å²) in [5, 5.41) is 3.67. The molecule has 2 rings (SSSR count). The molecule has 2 saturated carbocycles. The molecule has 0 amide bonds. The number of rotatable bonds is 6. The van der Waals surface area contributed by atoms with Crippen molar-refractivity contribution in [3.8, 4) is 0 Å². The van der Waals surface area contributed by atoms with Crippen molar-refractivity contribution in [2.45, 2.75) is 59.8 Å². The van der Waals surface area contributed by atoms with E-state index in [0.717, 1.165) is 30.2 Å². The maximum atomic E-state index is 3.67.